The summed E-state index contributed by atoms with van der Waals surface area (Å²) in [7, 11) is 1.55. The zero-order valence-electron chi connectivity index (χ0n) is 22.6. The number of benzene rings is 3. The first kappa shape index (κ1) is 27.3. The van der Waals surface area contributed by atoms with Gasteiger partial charge < -0.3 is 15.2 Å². The molecule has 0 radical (unpaired) electrons. The quantitative estimate of drug-likeness (QED) is 0.354. The summed E-state index contributed by atoms with van der Waals surface area (Å²) in [6.45, 7) is 7.32. The number of phenols is 1. The van der Waals surface area contributed by atoms with Crippen LogP contribution in [0.15, 0.2) is 72.8 Å². The summed E-state index contributed by atoms with van der Waals surface area (Å²) in [5.41, 5.74) is 2.31. The minimum atomic E-state index is -1.05. The Bertz CT molecular complexity index is 1420. The van der Waals surface area contributed by atoms with Crippen LogP contribution in [0.4, 0.5) is 5.69 Å². The lowest BCUT2D eigenvalue weighted by molar-refractivity contribution is -0.128. The van der Waals surface area contributed by atoms with Gasteiger partial charge in [-0.2, -0.15) is 4.80 Å². The molecule has 3 aromatic carbocycles. The number of tetrazole rings is 1. The highest BCUT2D eigenvalue weighted by Gasteiger charge is 2.35. The van der Waals surface area contributed by atoms with E-state index in [9.17, 15) is 14.7 Å². The average molecular weight is 529 g/mol. The van der Waals surface area contributed by atoms with Crippen LogP contribution in [0.5, 0.6) is 11.5 Å². The standard InChI is InChI=1S/C29H32N6O4/c1-19-6-8-21(9-7-19)27-31-33-34(32-27)18-25(37)35(22-12-16-24(39-5)17-13-22)26(28(38)30-29(2,3)4)20-10-14-23(36)15-11-20/h6-17,26,36H,18H2,1-5H3,(H,30,38). The van der Waals surface area contributed by atoms with Crippen LogP contribution in [0, 0.1) is 6.92 Å². The van der Waals surface area contributed by atoms with E-state index in [4.69, 9.17) is 4.74 Å². The fourth-order valence-corrected chi connectivity index (χ4v) is 4.02. The second-order valence-electron chi connectivity index (χ2n) is 10.2. The molecule has 4 aromatic rings. The van der Waals surface area contributed by atoms with Crippen LogP contribution < -0.4 is 15.0 Å². The van der Waals surface area contributed by atoms with Gasteiger partial charge in [-0.1, -0.05) is 42.0 Å². The molecule has 0 aliphatic rings. The van der Waals surface area contributed by atoms with Gasteiger partial charge in [0.05, 0.1) is 7.11 Å². The van der Waals surface area contributed by atoms with Crippen LogP contribution in [0.3, 0.4) is 0 Å². The molecule has 0 saturated heterocycles. The van der Waals surface area contributed by atoms with Gasteiger partial charge in [0.25, 0.3) is 5.91 Å². The number of aryl methyl sites for hydroxylation is 1. The smallest absolute Gasteiger partial charge is 0.251 e. The number of hydrogen-bond acceptors (Lipinski definition) is 7. The van der Waals surface area contributed by atoms with E-state index in [2.05, 4.69) is 20.7 Å². The van der Waals surface area contributed by atoms with Crippen molar-refractivity contribution in [3.05, 3.63) is 83.9 Å². The van der Waals surface area contributed by atoms with Crippen LogP contribution in [-0.2, 0) is 16.1 Å². The number of carbonyl (C=O) groups is 2. The van der Waals surface area contributed by atoms with Crippen molar-refractivity contribution in [1.82, 2.24) is 25.5 Å². The third-order valence-electron chi connectivity index (χ3n) is 5.87. The maximum atomic E-state index is 13.9. The van der Waals surface area contributed by atoms with Crippen LogP contribution in [-0.4, -0.2) is 49.8 Å². The summed E-state index contributed by atoms with van der Waals surface area (Å²) in [5.74, 6) is 0.220. The van der Waals surface area contributed by atoms with Crippen molar-refractivity contribution in [3.63, 3.8) is 0 Å². The summed E-state index contributed by atoms with van der Waals surface area (Å²) in [5, 5.41) is 25.4. The summed E-state index contributed by atoms with van der Waals surface area (Å²) < 4.78 is 5.29. The molecule has 1 unspecified atom stereocenters. The molecule has 4 rings (SSSR count). The predicted molar refractivity (Wildman–Crippen MR) is 147 cm³/mol. The average Bonchev–Trinajstić information content (AvgIpc) is 3.35. The first-order valence-electron chi connectivity index (χ1n) is 12.5. The third kappa shape index (κ3) is 6.78. The van der Waals surface area contributed by atoms with Gasteiger partial charge in [0.2, 0.25) is 11.7 Å². The SMILES string of the molecule is COc1ccc(N(C(=O)Cn2nnc(-c3ccc(C)cc3)n2)C(C(=O)NC(C)(C)C)c2ccc(O)cc2)cc1. The van der Waals surface area contributed by atoms with E-state index < -0.39 is 17.5 Å². The van der Waals surface area contributed by atoms with Crippen molar-refractivity contribution in [2.24, 2.45) is 0 Å². The molecule has 1 heterocycles. The summed E-state index contributed by atoms with van der Waals surface area (Å²) in [4.78, 5) is 30.3. The molecular weight excluding hydrogens is 496 g/mol. The zero-order valence-corrected chi connectivity index (χ0v) is 22.6. The highest BCUT2D eigenvalue weighted by atomic mass is 16.5. The molecule has 0 aliphatic heterocycles. The second kappa shape index (κ2) is 11.3. The maximum Gasteiger partial charge on any atom is 0.251 e. The van der Waals surface area contributed by atoms with E-state index in [1.54, 1.807) is 43.5 Å². The Hall–Kier alpha value is -4.73. The molecule has 10 heteroatoms. The number of hydrogen-bond donors (Lipinski definition) is 2. The Morgan fingerprint density at radius 1 is 1.00 bits per heavy atom. The number of aromatic hydroxyl groups is 1. The van der Waals surface area contributed by atoms with Gasteiger partial charge in [0.1, 0.15) is 24.1 Å². The van der Waals surface area contributed by atoms with Gasteiger partial charge in [-0.15, -0.1) is 10.2 Å². The number of nitrogens with zero attached hydrogens (tertiary/aromatic N) is 5. The lowest BCUT2D eigenvalue weighted by atomic mass is 10.0. The minimum Gasteiger partial charge on any atom is -0.508 e. The van der Waals surface area contributed by atoms with Crippen LogP contribution in [0.2, 0.25) is 0 Å². The largest absolute Gasteiger partial charge is 0.508 e. The Morgan fingerprint density at radius 2 is 1.64 bits per heavy atom. The van der Waals surface area contributed by atoms with Crippen molar-refractivity contribution >= 4 is 17.5 Å². The van der Waals surface area contributed by atoms with Gasteiger partial charge >= 0.3 is 0 Å². The molecule has 0 saturated carbocycles. The van der Waals surface area contributed by atoms with Gasteiger partial charge in [0, 0.05) is 16.8 Å². The second-order valence-corrected chi connectivity index (χ2v) is 10.2. The van der Waals surface area contributed by atoms with E-state index in [0.29, 0.717) is 22.8 Å². The van der Waals surface area contributed by atoms with E-state index in [1.807, 2.05) is 52.0 Å². The van der Waals surface area contributed by atoms with Crippen LogP contribution in [0.1, 0.15) is 37.9 Å². The number of rotatable bonds is 8. The van der Waals surface area contributed by atoms with Gasteiger partial charge in [0.15, 0.2) is 0 Å². The van der Waals surface area contributed by atoms with Crippen molar-refractivity contribution < 1.29 is 19.4 Å². The Morgan fingerprint density at radius 3 is 2.23 bits per heavy atom. The number of methoxy groups -OCH3 is 1. The number of phenolic OH excluding ortho intramolecular Hbond substituents is 1. The lowest BCUT2D eigenvalue weighted by Gasteiger charge is -2.33. The molecule has 1 atom stereocenters. The number of nitrogens with one attached hydrogen (secondary N) is 1. The third-order valence-corrected chi connectivity index (χ3v) is 5.87. The first-order chi connectivity index (χ1) is 18.5. The molecule has 1 aromatic heterocycles. The summed E-state index contributed by atoms with van der Waals surface area (Å²) >= 11 is 0. The van der Waals surface area contributed by atoms with E-state index >= 15 is 0 Å². The van der Waals surface area contributed by atoms with Crippen LogP contribution >= 0.6 is 0 Å². The van der Waals surface area contributed by atoms with Crippen molar-refractivity contribution in [1.29, 1.82) is 0 Å². The Labute approximate surface area is 227 Å². The number of amides is 2. The number of anilines is 1. The minimum absolute atomic E-state index is 0.0477. The predicted octanol–water partition coefficient (Wildman–Crippen LogP) is 4.05. The van der Waals surface area contributed by atoms with E-state index in [1.165, 1.54) is 21.8 Å². The van der Waals surface area contributed by atoms with Gasteiger partial charge in [-0.05, 0) is 74.9 Å². The number of ether oxygens (including phenoxy) is 1. The fraction of sp³-hybridized carbons (Fsp3) is 0.276. The fourth-order valence-electron chi connectivity index (χ4n) is 4.02. The van der Waals surface area contributed by atoms with Crippen molar-refractivity contribution in [2.45, 2.75) is 45.8 Å². The number of aromatic nitrogens is 4. The zero-order chi connectivity index (χ0) is 28.2. The molecule has 202 valence electrons. The van der Waals surface area contributed by atoms with E-state index in [-0.39, 0.29) is 18.2 Å². The first-order valence-corrected chi connectivity index (χ1v) is 12.5. The summed E-state index contributed by atoms with van der Waals surface area (Å²) in [6.07, 6.45) is 0. The Kier molecular flexibility index (Phi) is 7.94. The van der Waals surface area contributed by atoms with Crippen LogP contribution in [0.25, 0.3) is 11.4 Å². The molecule has 39 heavy (non-hydrogen) atoms. The highest BCUT2D eigenvalue weighted by molar-refractivity contribution is 6.01. The normalized spacial score (nSPS) is 12.0. The molecule has 0 bridgehead atoms. The molecular formula is C29H32N6O4. The van der Waals surface area contributed by atoms with Crippen molar-refractivity contribution in [2.75, 3.05) is 12.0 Å². The molecule has 2 N–H and O–H groups in total. The van der Waals surface area contributed by atoms with Gasteiger partial charge in [-0.25, -0.2) is 0 Å². The lowest BCUT2D eigenvalue weighted by Crippen LogP contribution is -2.50. The van der Waals surface area contributed by atoms with E-state index in [0.717, 1.165) is 11.1 Å². The van der Waals surface area contributed by atoms with Crippen molar-refractivity contribution in [3.8, 4) is 22.9 Å². The molecule has 0 spiro atoms. The highest BCUT2D eigenvalue weighted by Crippen LogP contribution is 2.31. The molecule has 10 nitrogen and oxygen atoms in total. The Balaban J connectivity index is 1.74. The summed E-state index contributed by atoms with van der Waals surface area (Å²) in [6, 6.07) is 19.7. The topological polar surface area (TPSA) is 122 Å². The van der Waals surface area contributed by atoms with Gasteiger partial charge in [-0.3, -0.25) is 14.5 Å². The monoisotopic (exact) mass is 528 g/mol. The maximum absolute atomic E-state index is 13.9. The number of carbonyl (C=O) groups excluding carboxylic acids is 2. The molecule has 0 aliphatic carbocycles. The molecule has 2 amide bonds. The molecule has 0 fully saturated rings.